The zero-order valence-corrected chi connectivity index (χ0v) is 10.9. The monoisotopic (exact) mass is 245 g/mol. The summed E-state index contributed by atoms with van der Waals surface area (Å²) >= 11 is 0. The van der Waals surface area contributed by atoms with Gasteiger partial charge in [-0.2, -0.15) is 0 Å². The van der Waals surface area contributed by atoms with Crippen molar-refractivity contribution in [2.45, 2.75) is 38.1 Å². The summed E-state index contributed by atoms with van der Waals surface area (Å²) in [6.07, 6.45) is 4.75. The van der Waals surface area contributed by atoms with Crippen molar-refractivity contribution in [1.29, 1.82) is 0 Å². The summed E-state index contributed by atoms with van der Waals surface area (Å²) in [6.45, 7) is 2.23. The molecule has 4 nitrogen and oxygen atoms in total. The maximum absolute atomic E-state index is 6.14. The molecule has 1 saturated carbocycles. The summed E-state index contributed by atoms with van der Waals surface area (Å²) in [4.78, 5) is 4.50. The third kappa shape index (κ3) is 1.35. The lowest BCUT2D eigenvalue weighted by Gasteiger charge is -2.43. The summed E-state index contributed by atoms with van der Waals surface area (Å²) < 4.78 is 7.58. The van der Waals surface area contributed by atoms with E-state index in [4.69, 9.17) is 10.5 Å². The predicted molar refractivity (Wildman–Crippen MR) is 72.8 cm³/mol. The molecule has 96 valence electrons. The van der Waals surface area contributed by atoms with E-state index in [9.17, 15) is 0 Å². The van der Waals surface area contributed by atoms with Gasteiger partial charge in [-0.3, -0.25) is 0 Å². The highest BCUT2D eigenvalue weighted by atomic mass is 16.5. The van der Waals surface area contributed by atoms with Gasteiger partial charge < -0.3 is 15.0 Å². The van der Waals surface area contributed by atoms with Crippen LogP contribution in [0.1, 0.15) is 32.6 Å². The lowest BCUT2D eigenvalue weighted by Crippen LogP contribution is -2.40. The number of hydrogen-bond donors (Lipinski definition) is 1. The van der Waals surface area contributed by atoms with Crippen molar-refractivity contribution in [2.24, 2.45) is 0 Å². The molecule has 4 heteroatoms. The number of nitrogen functional groups attached to an aromatic ring is 1. The van der Waals surface area contributed by atoms with E-state index < -0.39 is 0 Å². The SMILES string of the molecule is CCC1(n2c(N)nc3c(OC)cccc32)CCC1. The Labute approximate surface area is 107 Å². The van der Waals surface area contributed by atoms with Crippen LogP contribution in [0.25, 0.3) is 11.0 Å². The van der Waals surface area contributed by atoms with E-state index in [-0.39, 0.29) is 5.54 Å². The van der Waals surface area contributed by atoms with Gasteiger partial charge in [-0.05, 0) is 37.8 Å². The smallest absolute Gasteiger partial charge is 0.201 e. The van der Waals surface area contributed by atoms with E-state index >= 15 is 0 Å². The van der Waals surface area contributed by atoms with E-state index in [2.05, 4.69) is 22.5 Å². The fraction of sp³-hybridized carbons (Fsp3) is 0.500. The molecule has 1 aliphatic carbocycles. The molecule has 0 atom stereocenters. The van der Waals surface area contributed by atoms with Crippen molar-refractivity contribution >= 4 is 17.0 Å². The van der Waals surface area contributed by atoms with Gasteiger partial charge in [0.2, 0.25) is 5.95 Å². The molecule has 0 amide bonds. The highest BCUT2D eigenvalue weighted by Gasteiger charge is 2.39. The number of fused-ring (bicyclic) bond motifs is 1. The molecule has 0 radical (unpaired) electrons. The van der Waals surface area contributed by atoms with Crippen LogP contribution in [0.15, 0.2) is 18.2 Å². The molecule has 1 aliphatic rings. The third-order valence-corrected chi connectivity index (χ3v) is 4.31. The third-order valence-electron chi connectivity index (χ3n) is 4.31. The van der Waals surface area contributed by atoms with Crippen LogP contribution in [0.3, 0.4) is 0 Å². The number of nitrogens with two attached hydrogens (primary N) is 1. The zero-order chi connectivity index (χ0) is 12.8. The normalized spacial score (nSPS) is 17.7. The Morgan fingerprint density at radius 3 is 2.78 bits per heavy atom. The van der Waals surface area contributed by atoms with Crippen LogP contribution in [0.4, 0.5) is 5.95 Å². The second-order valence-electron chi connectivity index (χ2n) is 5.06. The Balaban J connectivity index is 2.26. The van der Waals surface area contributed by atoms with Crippen molar-refractivity contribution in [3.05, 3.63) is 18.2 Å². The number of benzene rings is 1. The highest BCUT2D eigenvalue weighted by Crippen LogP contribution is 2.45. The second-order valence-corrected chi connectivity index (χ2v) is 5.06. The first kappa shape index (κ1) is 11.4. The largest absolute Gasteiger partial charge is 0.494 e. The second kappa shape index (κ2) is 3.90. The van der Waals surface area contributed by atoms with Gasteiger partial charge in [-0.25, -0.2) is 4.98 Å². The maximum Gasteiger partial charge on any atom is 0.201 e. The van der Waals surface area contributed by atoms with Crippen LogP contribution in [0.2, 0.25) is 0 Å². The molecule has 2 aromatic rings. The molecule has 18 heavy (non-hydrogen) atoms. The van der Waals surface area contributed by atoms with Crippen molar-refractivity contribution in [1.82, 2.24) is 9.55 Å². The van der Waals surface area contributed by atoms with Crippen molar-refractivity contribution in [3.63, 3.8) is 0 Å². The summed E-state index contributed by atoms with van der Waals surface area (Å²) in [5.41, 5.74) is 8.28. The molecular weight excluding hydrogens is 226 g/mol. The van der Waals surface area contributed by atoms with E-state index in [1.54, 1.807) is 7.11 Å². The Bertz CT molecular complexity index is 578. The minimum atomic E-state index is 0.172. The molecule has 0 unspecified atom stereocenters. The number of hydrogen-bond acceptors (Lipinski definition) is 3. The molecule has 2 N–H and O–H groups in total. The van der Waals surface area contributed by atoms with Gasteiger partial charge >= 0.3 is 0 Å². The fourth-order valence-corrected chi connectivity index (χ4v) is 3.07. The number of anilines is 1. The number of para-hydroxylation sites is 1. The van der Waals surface area contributed by atoms with Gasteiger partial charge in [0.25, 0.3) is 0 Å². The van der Waals surface area contributed by atoms with Crippen LogP contribution in [-0.4, -0.2) is 16.7 Å². The summed E-state index contributed by atoms with van der Waals surface area (Å²) in [5.74, 6) is 1.40. The van der Waals surface area contributed by atoms with E-state index in [0.717, 1.165) is 23.2 Å². The number of ether oxygens (including phenoxy) is 1. The van der Waals surface area contributed by atoms with Crippen molar-refractivity contribution < 1.29 is 4.74 Å². The minimum absolute atomic E-state index is 0.172. The average molecular weight is 245 g/mol. The van der Waals surface area contributed by atoms with E-state index in [1.807, 2.05) is 12.1 Å². The van der Waals surface area contributed by atoms with Gasteiger partial charge in [-0.1, -0.05) is 13.0 Å². The van der Waals surface area contributed by atoms with Crippen molar-refractivity contribution in [3.8, 4) is 5.75 Å². The van der Waals surface area contributed by atoms with E-state index in [0.29, 0.717) is 5.95 Å². The summed E-state index contributed by atoms with van der Waals surface area (Å²) in [7, 11) is 1.67. The molecule has 0 aliphatic heterocycles. The van der Waals surface area contributed by atoms with Gasteiger partial charge in [0, 0.05) is 5.54 Å². The Morgan fingerprint density at radius 2 is 2.22 bits per heavy atom. The van der Waals surface area contributed by atoms with Crippen LogP contribution in [0, 0.1) is 0 Å². The standard InChI is InChI=1S/C14H19N3O/c1-3-14(8-5-9-14)17-10-6-4-7-11(18-2)12(10)16-13(17)15/h4,6-7H,3,5,8-9H2,1-2H3,(H2,15,16). The van der Waals surface area contributed by atoms with Gasteiger partial charge in [0.15, 0.2) is 0 Å². The zero-order valence-electron chi connectivity index (χ0n) is 10.9. The first-order chi connectivity index (χ1) is 8.72. The first-order valence-electron chi connectivity index (χ1n) is 6.53. The highest BCUT2D eigenvalue weighted by molar-refractivity contribution is 5.84. The Hall–Kier alpha value is -1.71. The van der Waals surface area contributed by atoms with Crippen LogP contribution in [-0.2, 0) is 5.54 Å². The Kier molecular flexibility index (Phi) is 2.47. The number of rotatable bonds is 3. The van der Waals surface area contributed by atoms with Gasteiger partial charge in [0.1, 0.15) is 11.3 Å². The van der Waals surface area contributed by atoms with Crippen molar-refractivity contribution in [2.75, 3.05) is 12.8 Å². The molecule has 0 bridgehead atoms. The predicted octanol–water partition coefficient (Wildman–Crippen LogP) is 2.92. The number of imidazole rings is 1. The molecule has 1 fully saturated rings. The molecule has 0 spiro atoms. The fourth-order valence-electron chi connectivity index (χ4n) is 3.07. The molecule has 1 aromatic heterocycles. The lowest BCUT2D eigenvalue weighted by atomic mass is 9.74. The first-order valence-corrected chi connectivity index (χ1v) is 6.53. The Morgan fingerprint density at radius 1 is 1.44 bits per heavy atom. The molecule has 1 heterocycles. The van der Waals surface area contributed by atoms with Gasteiger partial charge in [0.05, 0.1) is 12.6 Å². The number of methoxy groups -OCH3 is 1. The van der Waals surface area contributed by atoms with Crippen LogP contribution < -0.4 is 10.5 Å². The molecule has 0 saturated heterocycles. The lowest BCUT2D eigenvalue weighted by molar-refractivity contribution is 0.144. The molecule has 1 aromatic carbocycles. The maximum atomic E-state index is 6.14. The van der Waals surface area contributed by atoms with E-state index in [1.165, 1.54) is 19.3 Å². The average Bonchev–Trinajstić information content (AvgIpc) is 2.66. The minimum Gasteiger partial charge on any atom is -0.494 e. The van der Waals surface area contributed by atoms with Gasteiger partial charge in [-0.15, -0.1) is 0 Å². The quantitative estimate of drug-likeness (QED) is 0.904. The summed E-state index contributed by atoms with van der Waals surface area (Å²) in [6, 6.07) is 6.01. The summed E-state index contributed by atoms with van der Waals surface area (Å²) in [5, 5.41) is 0. The van der Waals surface area contributed by atoms with Crippen LogP contribution >= 0.6 is 0 Å². The molecular formula is C14H19N3O. The molecule has 3 rings (SSSR count). The number of aromatic nitrogens is 2. The van der Waals surface area contributed by atoms with Crippen LogP contribution in [0.5, 0.6) is 5.75 Å². The number of nitrogens with zero attached hydrogens (tertiary/aromatic N) is 2. The topological polar surface area (TPSA) is 53.1 Å².